The lowest BCUT2D eigenvalue weighted by Crippen LogP contribution is -2.44. The molecule has 35 heavy (non-hydrogen) atoms. The van der Waals surface area contributed by atoms with Crippen LogP contribution in [0.15, 0.2) is 35.5 Å². The maximum atomic E-state index is 14.7. The Hall–Kier alpha value is -2.59. The lowest BCUT2D eigenvalue weighted by atomic mass is 9.99. The summed E-state index contributed by atoms with van der Waals surface area (Å²) in [6, 6.07) is 5.91. The van der Waals surface area contributed by atoms with Crippen LogP contribution < -0.4 is 4.74 Å². The van der Waals surface area contributed by atoms with Crippen LogP contribution in [0.3, 0.4) is 0 Å². The van der Waals surface area contributed by atoms with Crippen molar-refractivity contribution >= 4 is 16.2 Å². The van der Waals surface area contributed by atoms with Gasteiger partial charge in [0.25, 0.3) is 0 Å². The first kappa shape index (κ1) is 25.5. The second-order valence-electron chi connectivity index (χ2n) is 9.21. The molecule has 0 aromatic heterocycles. The topological polar surface area (TPSA) is 79.2 Å². The van der Waals surface area contributed by atoms with Gasteiger partial charge >= 0.3 is 0 Å². The summed E-state index contributed by atoms with van der Waals surface area (Å²) >= 11 is 0. The standard InChI is InChI=1S/C25H29F3N2O4S/c26-22-12-18(15-29-31)6-7-21(22)19-13-23(27)25(24(28)14-19)34-16-17-8-10-30(11-9-17)35(32,33)20-4-2-1-3-5-20/h6-7,12-15,17,20,31H,1-5,8-11,16H2/b29-15+. The predicted octanol–water partition coefficient (Wildman–Crippen LogP) is 5.33. The molecule has 2 fully saturated rings. The van der Waals surface area contributed by atoms with Gasteiger partial charge in [-0.3, -0.25) is 0 Å². The molecule has 2 aliphatic rings. The van der Waals surface area contributed by atoms with Crippen LogP contribution in [-0.4, -0.2) is 49.1 Å². The molecular weight excluding hydrogens is 481 g/mol. The van der Waals surface area contributed by atoms with Crippen LogP contribution in [0.2, 0.25) is 0 Å². The third-order valence-corrected chi connectivity index (χ3v) is 9.28. The number of hydrogen-bond acceptors (Lipinski definition) is 5. The van der Waals surface area contributed by atoms with Crippen molar-refractivity contribution in [3.05, 3.63) is 53.3 Å². The van der Waals surface area contributed by atoms with E-state index in [2.05, 4.69) is 5.16 Å². The molecule has 190 valence electrons. The summed E-state index contributed by atoms with van der Waals surface area (Å²) in [6.45, 7) is 0.827. The Morgan fingerprint density at radius 3 is 2.23 bits per heavy atom. The summed E-state index contributed by atoms with van der Waals surface area (Å²) < 4.78 is 76.5. The van der Waals surface area contributed by atoms with Gasteiger partial charge in [0.1, 0.15) is 5.82 Å². The van der Waals surface area contributed by atoms with E-state index in [1.165, 1.54) is 12.1 Å². The first-order chi connectivity index (χ1) is 16.8. The minimum absolute atomic E-state index is 0.00372. The molecule has 0 radical (unpaired) electrons. The Morgan fingerprint density at radius 2 is 1.63 bits per heavy atom. The van der Waals surface area contributed by atoms with Gasteiger partial charge in [-0.05, 0) is 60.9 Å². The zero-order chi connectivity index (χ0) is 25.0. The maximum absolute atomic E-state index is 14.7. The normalized spacial score (nSPS) is 18.8. The van der Waals surface area contributed by atoms with Gasteiger partial charge in [0.2, 0.25) is 10.0 Å². The lowest BCUT2D eigenvalue weighted by Gasteiger charge is -2.34. The van der Waals surface area contributed by atoms with Crippen LogP contribution in [0.1, 0.15) is 50.5 Å². The molecule has 2 aromatic carbocycles. The number of ether oxygens (including phenoxy) is 1. The molecule has 1 aliphatic carbocycles. The monoisotopic (exact) mass is 510 g/mol. The molecule has 0 spiro atoms. The van der Waals surface area contributed by atoms with E-state index in [4.69, 9.17) is 9.94 Å². The van der Waals surface area contributed by atoms with Crippen LogP contribution in [0.4, 0.5) is 13.2 Å². The van der Waals surface area contributed by atoms with E-state index in [1.807, 2.05) is 0 Å². The number of hydrogen-bond donors (Lipinski definition) is 1. The number of rotatable bonds is 7. The summed E-state index contributed by atoms with van der Waals surface area (Å²) in [5.41, 5.74) is 0.307. The van der Waals surface area contributed by atoms with Crippen LogP contribution in [0.25, 0.3) is 11.1 Å². The third-order valence-electron chi connectivity index (χ3n) is 6.88. The average molecular weight is 511 g/mol. The largest absolute Gasteiger partial charge is 0.487 e. The highest BCUT2D eigenvalue weighted by Gasteiger charge is 2.35. The van der Waals surface area contributed by atoms with E-state index in [0.717, 1.165) is 43.7 Å². The van der Waals surface area contributed by atoms with Crippen LogP contribution >= 0.6 is 0 Å². The Balaban J connectivity index is 1.37. The summed E-state index contributed by atoms with van der Waals surface area (Å²) in [5.74, 6) is -3.17. The molecule has 1 saturated heterocycles. The Morgan fingerprint density at radius 1 is 0.971 bits per heavy atom. The quantitative estimate of drug-likeness (QED) is 0.310. The van der Waals surface area contributed by atoms with Crippen molar-refractivity contribution < 1.29 is 31.5 Å². The highest BCUT2D eigenvalue weighted by Crippen LogP contribution is 2.33. The van der Waals surface area contributed by atoms with E-state index in [9.17, 15) is 21.6 Å². The molecule has 2 aromatic rings. The molecule has 1 aliphatic heterocycles. The molecule has 1 saturated carbocycles. The zero-order valence-electron chi connectivity index (χ0n) is 19.3. The number of sulfonamides is 1. The molecule has 0 amide bonds. The molecular formula is C25H29F3N2O4S. The molecule has 0 unspecified atom stereocenters. The van der Waals surface area contributed by atoms with Crippen LogP contribution in [-0.2, 0) is 10.0 Å². The highest BCUT2D eigenvalue weighted by molar-refractivity contribution is 7.89. The van der Waals surface area contributed by atoms with Gasteiger partial charge in [0.05, 0.1) is 18.1 Å². The smallest absolute Gasteiger partial charge is 0.216 e. The van der Waals surface area contributed by atoms with Gasteiger partial charge in [-0.2, -0.15) is 0 Å². The molecule has 0 atom stereocenters. The Bertz CT molecular complexity index is 1150. The van der Waals surface area contributed by atoms with Gasteiger partial charge in [0, 0.05) is 18.7 Å². The van der Waals surface area contributed by atoms with Crippen molar-refractivity contribution in [2.75, 3.05) is 19.7 Å². The fourth-order valence-corrected chi connectivity index (χ4v) is 6.94. The average Bonchev–Trinajstić information content (AvgIpc) is 2.84. The lowest BCUT2D eigenvalue weighted by molar-refractivity contribution is 0.175. The summed E-state index contributed by atoms with van der Waals surface area (Å²) in [7, 11) is -3.31. The molecule has 1 N–H and O–H groups in total. The second-order valence-corrected chi connectivity index (χ2v) is 11.4. The predicted molar refractivity (Wildman–Crippen MR) is 127 cm³/mol. The SMILES string of the molecule is O=S(=O)(C1CCCCC1)N1CCC(COc2c(F)cc(-c3ccc(/C=N/O)cc3F)cc2F)CC1. The molecule has 6 nitrogen and oxygen atoms in total. The number of benzene rings is 2. The van der Waals surface area contributed by atoms with Crippen molar-refractivity contribution in [1.29, 1.82) is 0 Å². The zero-order valence-corrected chi connectivity index (χ0v) is 20.1. The minimum Gasteiger partial charge on any atom is -0.487 e. The molecule has 10 heteroatoms. The van der Waals surface area contributed by atoms with Crippen molar-refractivity contribution in [3.8, 4) is 16.9 Å². The summed E-state index contributed by atoms with van der Waals surface area (Å²) in [5, 5.41) is 11.1. The van der Waals surface area contributed by atoms with E-state index < -0.39 is 33.2 Å². The van der Waals surface area contributed by atoms with Crippen molar-refractivity contribution in [2.24, 2.45) is 11.1 Å². The molecule has 1 heterocycles. The van der Waals surface area contributed by atoms with Crippen LogP contribution in [0.5, 0.6) is 5.75 Å². The van der Waals surface area contributed by atoms with Gasteiger partial charge in [0.15, 0.2) is 17.4 Å². The number of piperidine rings is 1. The number of halogens is 3. The van der Waals surface area contributed by atoms with Gasteiger partial charge in [-0.1, -0.05) is 36.6 Å². The van der Waals surface area contributed by atoms with Crippen molar-refractivity contribution in [1.82, 2.24) is 4.31 Å². The molecule has 4 rings (SSSR count). The first-order valence-electron chi connectivity index (χ1n) is 11.9. The van der Waals surface area contributed by atoms with E-state index in [-0.39, 0.29) is 28.9 Å². The maximum Gasteiger partial charge on any atom is 0.216 e. The van der Waals surface area contributed by atoms with E-state index >= 15 is 0 Å². The fourth-order valence-electron chi connectivity index (χ4n) is 4.87. The highest BCUT2D eigenvalue weighted by atomic mass is 32.2. The van der Waals surface area contributed by atoms with Gasteiger partial charge in [-0.25, -0.2) is 25.9 Å². The van der Waals surface area contributed by atoms with Crippen LogP contribution in [0, 0.1) is 23.4 Å². The van der Waals surface area contributed by atoms with Crippen molar-refractivity contribution in [2.45, 2.75) is 50.2 Å². The minimum atomic E-state index is -3.31. The molecule has 0 bridgehead atoms. The Labute approximate surface area is 203 Å². The van der Waals surface area contributed by atoms with E-state index in [1.54, 1.807) is 4.31 Å². The summed E-state index contributed by atoms with van der Waals surface area (Å²) in [4.78, 5) is 0. The number of oxime groups is 1. The van der Waals surface area contributed by atoms with E-state index in [0.29, 0.717) is 44.3 Å². The van der Waals surface area contributed by atoms with Crippen molar-refractivity contribution in [3.63, 3.8) is 0 Å². The van der Waals surface area contributed by atoms with Gasteiger partial charge in [-0.15, -0.1) is 0 Å². The fraction of sp³-hybridized carbons (Fsp3) is 0.480. The number of nitrogens with zero attached hydrogens (tertiary/aromatic N) is 2. The first-order valence-corrected chi connectivity index (χ1v) is 13.4. The summed E-state index contributed by atoms with van der Waals surface area (Å²) in [6.07, 6.45) is 6.56. The van der Waals surface area contributed by atoms with Gasteiger partial charge < -0.3 is 9.94 Å². The third kappa shape index (κ3) is 5.81. The second kappa shape index (κ2) is 11.0. The Kier molecular flexibility index (Phi) is 8.01.